The zero-order valence-electron chi connectivity index (χ0n) is 12.3. The molecule has 0 aromatic carbocycles. The lowest BCUT2D eigenvalue weighted by Gasteiger charge is -2.21. The summed E-state index contributed by atoms with van der Waals surface area (Å²) < 4.78 is 0. The Labute approximate surface area is 120 Å². The van der Waals surface area contributed by atoms with Gasteiger partial charge in [-0.15, -0.1) is 0 Å². The third kappa shape index (κ3) is 9.64. The third-order valence-corrected chi connectivity index (χ3v) is 3.38. The summed E-state index contributed by atoms with van der Waals surface area (Å²) in [6, 6.07) is -0.131. The zero-order valence-corrected chi connectivity index (χ0v) is 13.1. The Kier molecular flexibility index (Phi) is 9.47. The topological polar surface area (TPSA) is 69.6 Å². The maximum atomic E-state index is 11.8. The molecule has 6 heteroatoms. The average molecular weight is 290 g/mol. The lowest BCUT2D eigenvalue weighted by atomic mass is 9.94. The molecule has 0 saturated heterocycles. The molecule has 1 unspecified atom stereocenters. The van der Waals surface area contributed by atoms with Gasteiger partial charge >= 0.3 is 12.0 Å². The molecule has 0 saturated carbocycles. The van der Waals surface area contributed by atoms with Crippen molar-refractivity contribution in [2.24, 2.45) is 11.8 Å². The Morgan fingerprint density at radius 1 is 1.37 bits per heavy atom. The van der Waals surface area contributed by atoms with E-state index in [4.69, 9.17) is 5.11 Å². The molecule has 0 radical (unpaired) electrons. The van der Waals surface area contributed by atoms with E-state index in [1.165, 1.54) is 0 Å². The molecule has 0 spiro atoms. The van der Waals surface area contributed by atoms with Gasteiger partial charge in [0.1, 0.15) is 0 Å². The van der Waals surface area contributed by atoms with Crippen LogP contribution >= 0.6 is 11.8 Å². The third-order valence-electron chi connectivity index (χ3n) is 2.79. The monoisotopic (exact) mass is 290 g/mol. The highest BCUT2D eigenvalue weighted by Crippen LogP contribution is 2.14. The fraction of sp³-hybridized carbons (Fsp3) is 0.846. The molecule has 0 aliphatic heterocycles. The molecule has 19 heavy (non-hydrogen) atoms. The molecule has 1 atom stereocenters. The fourth-order valence-electron chi connectivity index (χ4n) is 1.85. The van der Waals surface area contributed by atoms with Crippen molar-refractivity contribution in [2.75, 3.05) is 32.1 Å². The quantitative estimate of drug-likeness (QED) is 0.682. The number of nitrogens with one attached hydrogen (secondary N) is 1. The van der Waals surface area contributed by atoms with Gasteiger partial charge in [-0.3, -0.25) is 4.79 Å². The molecule has 0 aliphatic carbocycles. The van der Waals surface area contributed by atoms with Crippen LogP contribution in [0.5, 0.6) is 0 Å². The van der Waals surface area contributed by atoms with Crippen molar-refractivity contribution in [1.29, 1.82) is 0 Å². The van der Waals surface area contributed by atoms with Crippen LogP contribution in [0.3, 0.4) is 0 Å². The number of thioether (sulfide) groups is 1. The second-order valence-corrected chi connectivity index (χ2v) is 6.18. The molecule has 0 aromatic heterocycles. The average Bonchev–Trinajstić information content (AvgIpc) is 2.31. The largest absolute Gasteiger partial charge is 0.481 e. The summed E-state index contributed by atoms with van der Waals surface area (Å²) in [6.45, 7) is 5.23. The molecule has 0 heterocycles. The van der Waals surface area contributed by atoms with Crippen molar-refractivity contribution in [3.8, 4) is 0 Å². The standard InChI is InChI=1S/C13H26N2O3S/c1-10(2)7-11(8-12(16)17)9-14-13(18)15(3)5-6-19-4/h10-11H,5-9H2,1-4H3,(H,14,18)(H,16,17). The molecule has 0 bridgehead atoms. The summed E-state index contributed by atoms with van der Waals surface area (Å²) in [5.41, 5.74) is 0. The van der Waals surface area contributed by atoms with Gasteiger partial charge in [0.05, 0.1) is 0 Å². The number of carboxylic acids is 1. The number of carbonyl (C=O) groups excluding carboxylic acids is 1. The predicted octanol–water partition coefficient (Wildman–Crippen LogP) is 2.13. The van der Waals surface area contributed by atoms with E-state index in [9.17, 15) is 9.59 Å². The maximum Gasteiger partial charge on any atom is 0.317 e. The minimum Gasteiger partial charge on any atom is -0.481 e. The minimum absolute atomic E-state index is 0.00426. The van der Waals surface area contributed by atoms with E-state index >= 15 is 0 Å². The van der Waals surface area contributed by atoms with Crippen LogP contribution < -0.4 is 5.32 Å². The molecule has 2 N–H and O–H groups in total. The SMILES string of the molecule is CSCCN(C)C(=O)NCC(CC(=O)O)CC(C)C. The van der Waals surface area contributed by atoms with Crippen LogP contribution in [0.2, 0.25) is 0 Å². The van der Waals surface area contributed by atoms with Crippen LogP contribution in [0.1, 0.15) is 26.7 Å². The van der Waals surface area contributed by atoms with Crippen LogP contribution in [0.15, 0.2) is 0 Å². The summed E-state index contributed by atoms with van der Waals surface area (Å²) in [6.07, 6.45) is 2.91. The first kappa shape index (κ1) is 18.1. The summed E-state index contributed by atoms with van der Waals surface area (Å²) in [5.74, 6) is 0.510. The van der Waals surface area contributed by atoms with E-state index in [0.29, 0.717) is 19.0 Å². The number of carboxylic acid groups (broad SMARTS) is 1. The Hall–Kier alpha value is -0.910. The number of aliphatic carboxylic acids is 1. The van der Waals surface area contributed by atoms with E-state index in [1.54, 1.807) is 23.7 Å². The lowest BCUT2D eigenvalue weighted by Crippen LogP contribution is -2.41. The Morgan fingerprint density at radius 2 is 2.00 bits per heavy atom. The first-order chi connectivity index (χ1) is 8.86. The molecule has 5 nitrogen and oxygen atoms in total. The zero-order chi connectivity index (χ0) is 14.8. The van der Waals surface area contributed by atoms with E-state index in [1.807, 2.05) is 6.26 Å². The number of carbonyl (C=O) groups is 2. The van der Waals surface area contributed by atoms with Gasteiger partial charge in [0, 0.05) is 32.3 Å². The summed E-state index contributed by atoms with van der Waals surface area (Å²) in [7, 11) is 1.75. The van der Waals surface area contributed by atoms with Crippen molar-refractivity contribution in [1.82, 2.24) is 10.2 Å². The van der Waals surface area contributed by atoms with Gasteiger partial charge in [-0.2, -0.15) is 11.8 Å². The summed E-state index contributed by atoms with van der Waals surface area (Å²) in [4.78, 5) is 24.2. The van der Waals surface area contributed by atoms with Crippen LogP contribution in [-0.2, 0) is 4.79 Å². The van der Waals surface area contributed by atoms with E-state index in [-0.39, 0.29) is 18.4 Å². The van der Waals surface area contributed by atoms with Crippen molar-refractivity contribution in [3.63, 3.8) is 0 Å². The van der Waals surface area contributed by atoms with Crippen LogP contribution in [0.4, 0.5) is 4.79 Å². The molecule has 0 aromatic rings. The Bertz CT molecular complexity index is 285. The summed E-state index contributed by atoms with van der Waals surface area (Å²) in [5, 5.41) is 11.7. The highest BCUT2D eigenvalue weighted by atomic mass is 32.2. The maximum absolute atomic E-state index is 11.8. The molecular formula is C13H26N2O3S. The van der Waals surface area contributed by atoms with Gasteiger partial charge in [-0.1, -0.05) is 13.8 Å². The fourth-order valence-corrected chi connectivity index (χ4v) is 2.31. The van der Waals surface area contributed by atoms with Gasteiger partial charge in [0.2, 0.25) is 0 Å². The molecule has 2 amide bonds. The highest BCUT2D eigenvalue weighted by molar-refractivity contribution is 7.98. The molecule has 112 valence electrons. The molecule has 0 aliphatic rings. The predicted molar refractivity (Wildman–Crippen MR) is 79.6 cm³/mol. The van der Waals surface area contributed by atoms with Crippen LogP contribution in [-0.4, -0.2) is 54.2 Å². The van der Waals surface area contributed by atoms with E-state index < -0.39 is 5.97 Å². The first-order valence-corrected chi connectivity index (χ1v) is 7.95. The Balaban J connectivity index is 4.14. The van der Waals surface area contributed by atoms with Crippen LogP contribution in [0, 0.1) is 11.8 Å². The summed E-state index contributed by atoms with van der Waals surface area (Å²) >= 11 is 1.69. The van der Waals surface area contributed by atoms with Gasteiger partial charge in [0.25, 0.3) is 0 Å². The van der Waals surface area contributed by atoms with E-state index in [0.717, 1.165) is 12.2 Å². The Morgan fingerprint density at radius 3 is 2.47 bits per heavy atom. The second-order valence-electron chi connectivity index (χ2n) is 5.19. The lowest BCUT2D eigenvalue weighted by molar-refractivity contribution is -0.138. The van der Waals surface area contributed by atoms with Crippen molar-refractivity contribution in [2.45, 2.75) is 26.7 Å². The number of rotatable bonds is 9. The van der Waals surface area contributed by atoms with Gasteiger partial charge in [-0.05, 0) is 24.5 Å². The van der Waals surface area contributed by atoms with Crippen molar-refractivity contribution in [3.05, 3.63) is 0 Å². The first-order valence-electron chi connectivity index (χ1n) is 6.56. The minimum atomic E-state index is -0.810. The van der Waals surface area contributed by atoms with Gasteiger partial charge in [0.15, 0.2) is 0 Å². The van der Waals surface area contributed by atoms with Gasteiger partial charge < -0.3 is 15.3 Å². The number of amides is 2. The number of hydrogen-bond acceptors (Lipinski definition) is 3. The molecule has 0 rings (SSSR count). The number of hydrogen-bond donors (Lipinski definition) is 2. The van der Waals surface area contributed by atoms with Crippen molar-refractivity contribution >= 4 is 23.8 Å². The van der Waals surface area contributed by atoms with Crippen molar-refractivity contribution < 1.29 is 14.7 Å². The molecular weight excluding hydrogens is 264 g/mol. The van der Waals surface area contributed by atoms with E-state index in [2.05, 4.69) is 19.2 Å². The second kappa shape index (κ2) is 9.95. The number of nitrogens with zero attached hydrogens (tertiary/aromatic N) is 1. The number of urea groups is 1. The van der Waals surface area contributed by atoms with Gasteiger partial charge in [-0.25, -0.2) is 4.79 Å². The smallest absolute Gasteiger partial charge is 0.317 e. The van der Waals surface area contributed by atoms with Crippen LogP contribution in [0.25, 0.3) is 0 Å². The molecule has 0 fully saturated rings. The normalized spacial score (nSPS) is 12.3. The highest BCUT2D eigenvalue weighted by Gasteiger charge is 2.17.